The van der Waals surface area contributed by atoms with E-state index < -0.39 is 16.1 Å². The van der Waals surface area contributed by atoms with Gasteiger partial charge in [-0.25, -0.2) is 13.4 Å². The van der Waals surface area contributed by atoms with Crippen molar-refractivity contribution in [2.75, 3.05) is 25.9 Å². The topological polar surface area (TPSA) is 83.7 Å². The van der Waals surface area contributed by atoms with E-state index in [2.05, 4.69) is 4.98 Å². The molecule has 2 fully saturated rings. The molecule has 8 heteroatoms. The van der Waals surface area contributed by atoms with E-state index in [1.807, 2.05) is 29.2 Å². The number of benzene rings is 1. The molecule has 146 valence electrons. The molecule has 0 saturated carbocycles. The van der Waals surface area contributed by atoms with Crippen LogP contribution < -0.4 is 0 Å². The second-order valence-corrected chi connectivity index (χ2v) is 9.44. The lowest BCUT2D eigenvalue weighted by Crippen LogP contribution is -2.53. The standard InChI is InChI=1S/C19H25N3O4S/c1-27(24,25)22-11-5-4-7-16(22)19(23)21-12-9-14(10-13-21)18-20-15-6-2-3-8-17(15)26-18/h2-3,6,8,14,16H,4-5,7,9-13H2,1H3. The summed E-state index contributed by atoms with van der Waals surface area (Å²) in [5.74, 6) is 0.869. The van der Waals surface area contributed by atoms with Crippen LogP contribution in [0, 0.1) is 0 Å². The van der Waals surface area contributed by atoms with Crippen molar-refractivity contribution >= 4 is 27.0 Å². The monoisotopic (exact) mass is 391 g/mol. The fourth-order valence-electron chi connectivity index (χ4n) is 4.17. The van der Waals surface area contributed by atoms with E-state index in [9.17, 15) is 13.2 Å². The number of carbonyl (C=O) groups is 1. The second kappa shape index (κ2) is 7.24. The van der Waals surface area contributed by atoms with Gasteiger partial charge in [-0.05, 0) is 37.8 Å². The number of fused-ring (bicyclic) bond motifs is 1. The highest BCUT2D eigenvalue weighted by atomic mass is 32.2. The molecule has 2 aliphatic heterocycles. The maximum atomic E-state index is 13.0. The van der Waals surface area contributed by atoms with E-state index in [0.29, 0.717) is 26.1 Å². The van der Waals surface area contributed by atoms with E-state index in [0.717, 1.165) is 42.7 Å². The summed E-state index contributed by atoms with van der Waals surface area (Å²) in [4.78, 5) is 19.4. The highest BCUT2D eigenvalue weighted by Gasteiger charge is 2.38. The summed E-state index contributed by atoms with van der Waals surface area (Å²) in [5.41, 5.74) is 1.65. The average molecular weight is 391 g/mol. The van der Waals surface area contributed by atoms with E-state index in [-0.39, 0.29) is 11.8 Å². The second-order valence-electron chi connectivity index (χ2n) is 7.50. The van der Waals surface area contributed by atoms with Crippen molar-refractivity contribution in [1.82, 2.24) is 14.2 Å². The summed E-state index contributed by atoms with van der Waals surface area (Å²) in [6.07, 6.45) is 5.07. The number of sulfonamides is 1. The van der Waals surface area contributed by atoms with Crippen LogP contribution in [0.1, 0.15) is 43.9 Å². The number of aromatic nitrogens is 1. The van der Waals surface area contributed by atoms with Gasteiger partial charge in [0.2, 0.25) is 15.9 Å². The van der Waals surface area contributed by atoms with Crippen molar-refractivity contribution in [2.24, 2.45) is 0 Å². The molecule has 0 spiro atoms. The van der Waals surface area contributed by atoms with Crippen LogP contribution >= 0.6 is 0 Å². The molecule has 4 rings (SSSR count). The first-order valence-electron chi connectivity index (χ1n) is 9.54. The van der Waals surface area contributed by atoms with Gasteiger partial charge >= 0.3 is 0 Å². The SMILES string of the molecule is CS(=O)(=O)N1CCCCC1C(=O)N1CCC(c2nc3ccccc3o2)CC1. The number of para-hydroxylation sites is 2. The number of oxazole rings is 1. The van der Waals surface area contributed by atoms with Crippen LogP contribution in [0.5, 0.6) is 0 Å². The Morgan fingerprint density at radius 3 is 2.56 bits per heavy atom. The smallest absolute Gasteiger partial charge is 0.241 e. The van der Waals surface area contributed by atoms with Gasteiger partial charge < -0.3 is 9.32 Å². The number of piperidine rings is 2. The van der Waals surface area contributed by atoms with Crippen molar-refractivity contribution in [3.8, 4) is 0 Å². The summed E-state index contributed by atoms with van der Waals surface area (Å²) in [7, 11) is -3.37. The zero-order chi connectivity index (χ0) is 19.0. The van der Waals surface area contributed by atoms with Crippen LogP contribution in [0.25, 0.3) is 11.1 Å². The molecule has 1 unspecified atom stereocenters. The minimum Gasteiger partial charge on any atom is -0.440 e. The van der Waals surface area contributed by atoms with Crippen LogP contribution in [-0.2, 0) is 14.8 Å². The van der Waals surface area contributed by atoms with Crippen molar-refractivity contribution in [2.45, 2.75) is 44.1 Å². The third-order valence-corrected chi connectivity index (χ3v) is 6.92. The quantitative estimate of drug-likeness (QED) is 0.802. The molecule has 0 aliphatic carbocycles. The molecule has 27 heavy (non-hydrogen) atoms. The van der Waals surface area contributed by atoms with Gasteiger partial charge in [-0.15, -0.1) is 0 Å². The zero-order valence-electron chi connectivity index (χ0n) is 15.5. The minimum absolute atomic E-state index is 0.0591. The molecule has 1 amide bonds. The molecule has 2 aliphatic rings. The van der Waals surface area contributed by atoms with Gasteiger partial charge in [-0.2, -0.15) is 4.31 Å². The molecular weight excluding hydrogens is 366 g/mol. The van der Waals surface area contributed by atoms with Gasteiger partial charge in [0.25, 0.3) is 0 Å². The first kappa shape index (κ1) is 18.4. The number of hydrogen-bond acceptors (Lipinski definition) is 5. The summed E-state index contributed by atoms with van der Waals surface area (Å²) in [6.45, 7) is 1.65. The fourth-order valence-corrected chi connectivity index (χ4v) is 5.29. The summed E-state index contributed by atoms with van der Waals surface area (Å²) in [5, 5.41) is 0. The van der Waals surface area contributed by atoms with Crippen molar-refractivity contribution in [3.05, 3.63) is 30.2 Å². The Bertz CT molecular complexity index is 898. The molecule has 3 heterocycles. The van der Waals surface area contributed by atoms with Gasteiger partial charge in [0.05, 0.1) is 6.26 Å². The van der Waals surface area contributed by atoms with E-state index >= 15 is 0 Å². The molecule has 2 aromatic rings. The normalized spacial score (nSPS) is 23.0. The number of nitrogens with zero attached hydrogens (tertiary/aromatic N) is 3. The average Bonchev–Trinajstić information content (AvgIpc) is 3.11. The molecule has 1 atom stereocenters. The van der Waals surface area contributed by atoms with Gasteiger partial charge in [0.15, 0.2) is 11.5 Å². The molecule has 7 nitrogen and oxygen atoms in total. The molecule has 0 bridgehead atoms. The zero-order valence-corrected chi connectivity index (χ0v) is 16.3. The first-order chi connectivity index (χ1) is 12.9. The lowest BCUT2D eigenvalue weighted by atomic mass is 9.95. The fraction of sp³-hybridized carbons (Fsp3) is 0.579. The third-order valence-electron chi connectivity index (χ3n) is 5.63. The third kappa shape index (κ3) is 3.73. The highest BCUT2D eigenvalue weighted by molar-refractivity contribution is 7.88. The molecule has 0 N–H and O–H groups in total. The van der Waals surface area contributed by atoms with Crippen molar-refractivity contribution < 1.29 is 17.6 Å². The van der Waals surface area contributed by atoms with Crippen LogP contribution in [0.4, 0.5) is 0 Å². The molecule has 1 aromatic carbocycles. The van der Waals surface area contributed by atoms with Gasteiger partial charge in [-0.1, -0.05) is 18.6 Å². The summed E-state index contributed by atoms with van der Waals surface area (Å²) >= 11 is 0. The van der Waals surface area contributed by atoms with Crippen LogP contribution in [0.2, 0.25) is 0 Å². The number of hydrogen-bond donors (Lipinski definition) is 0. The van der Waals surface area contributed by atoms with Gasteiger partial charge in [0.1, 0.15) is 11.6 Å². The van der Waals surface area contributed by atoms with Crippen LogP contribution in [-0.4, -0.2) is 60.4 Å². The molecule has 1 aromatic heterocycles. The van der Waals surface area contributed by atoms with Gasteiger partial charge in [-0.3, -0.25) is 4.79 Å². The molecular formula is C19H25N3O4S. The molecule has 0 radical (unpaired) electrons. The van der Waals surface area contributed by atoms with Crippen molar-refractivity contribution in [1.29, 1.82) is 0 Å². The maximum Gasteiger partial charge on any atom is 0.241 e. The number of rotatable bonds is 3. The summed E-state index contributed by atoms with van der Waals surface area (Å²) < 4.78 is 31.3. The Kier molecular flexibility index (Phi) is 4.94. The van der Waals surface area contributed by atoms with Crippen LogP contribution in [0.15, 0.2) is 28.7 Å². The van der Waals surface area contributed by atoms with E-state index in [1.165, 1.54) is 10.6 Å². The first-order valence-corrected chi connectivity index (χ1v) is 11.4. The Morgan fingerprint density at radius 2 is 1.85 bits per heavy atom. The van der Waals surface area contributed by atoms with Gasteiger partial charge in [0, 0.05) is 25.6 Å². The Hall–Kier alpha value is -1.93. The predicted octanol–water partition coefficient (Wildman–Crippen LogP) is 2.35. The van der Waals surface area contributed by atoms with E-state index in [4.69, 9.17) is 4.42 Å². The minimum atomic E-state index is -3.37. The Labute approximate surface area is 159 Å². The number of amides is 1. The largest absolute Gasteiger partial charge is 0.440 e. The lowest BCUT2D eigenvalue weighted by molar-refractivity contribution is -0.137. The van der Waals surface area contributed by atoms with Crippen LogP contribution in [0.3, 0.4) is 0 Å². The Balaban J connectivity index is 1.43. The Morgan fingerprint density at radius 1 is 1.11 bits per heavy atom. The summed E-state index contributed by atoms with van der Waals surface area (Å²) in [6, 6.07) is 7.16. The van der Waals surface area contributed by atoms with E-state index in [1.54, 1.807) is 0 Å². The maximum absolute atomic E-state index is 13.0. The lowest BCUT2D eigenvalue weighted by Gasteiger charge is -2.38. The number of carbonyl (C=O) groups excluding carboxylic acids is 1. The van der Waals surface area contributed by atoms with Crippen molar-refractivity contribution in [3.63, 3.8) is 0 Å². The molecule has 2 saturated heterocycles. The number of likely N-dealkylation sites (tertiary alicyclic amines) is 1. The predicted molar refractivity (Wildman–Crippen MR) is 102 cm³/mol. The highest BCUT2D eigenvalue weighted by Crippen LogP contribution is 2.31.